The van der Waals surface area contributed by atoms with Gasteiger partial charge in [0.2, 0.25) is 5.88 Å². The van der Waals surface area contributed by atoms with Crippen molar-refractivity contribution in [2.24, 2.45) is 17.8 Å². The summed E-state index contributed by atoms with van der Waals surface area (Å²) in [7, 11) is 1.62. The van der Waals surface area contributed by atoms with Crippen LogP contribution in [0.15, 0.2) is 12.4 Å². The van der Waals surface area contributed by atoms with E-state index in [2.05, 4.69) is 23.8 Å². The zero-order valence-electron chi connectivity index (χ0n) is 14.9. The van der Waals surface area contributed by atoms with Crippen LogP contribution in [-0.2, 0) is 16.0 Å². The average molecular weight is 310 g/mol. The number of rotatable bonds is 6. The highest BCUT2D eigenvalue weighted by Crippen LogP contribution is 2.14. The maximum absolute atomic E-state index is 10.8. The van der Waals surface area contributed by atoms with Crippen LogP contribution in [0.5, 0.6) is 5.88 Å². The minimum atomic E-state index is -0.103. The molecular formula is C17H30N2O3. The van der Waals surface area contributed by atoms with Crippen molar-refractivity contribution < 1.29 is 14.3 Å². The molecule has 0 aromatic carbocycles. The third kappa shape index (κ3) is 9.32. The SMILES string of the molecule is CC(C)COC(=O)C(C)C.COc1nccnc1CC(C)C. The number of carbonyl (C=O) groups is 1. The first-order chi connectivity index (χ1) is 10.3. The molecule has 5 nitrogen and oxygen atoms in total. The lowest BCUT2D eigenvalue weighted by atomic mass is 10.1. The van der Waals surface area contributed by atoms with Crippen molar-refractivity contribution in [1.82, 2.24) is 9.97 Å². The molecule has 5 heteroatoms. The van der Waals surface area contributed by atoms with Crippen LogP contribution in [0.25, 0.3) is 0 Å². The molecule has 1 aromatic heterocycles. The minimum absolute atomic E-state index is 0.00116. The van der Waals surface area contributed by atoms with Crippen molar-refractivity contribution in [2.45, 2.75) is 48.0 Å². The van der Waals surface area contributed by atoms with Gasteiger partial charge in [-0.15, -0.1) is 0 Å². The molecule has 0 aliphatic heterocycles. The van der Waals surface area contributed by atoms with Crippen molar-refractivity contribution in [3.05, 3.63) is 18.1 Å². The lowest BCUT2D eigenvalue weighted by Crippen LogP contribution is -2.14. The first-order valence-electron chi connectivity index (χ1n) is 7.78. The Kier molecular flexibility index (Phi) is 10.2. The first-order valence-corrected chi connectivity index (χ1v) is 7.78. The number of hydrogen-bond donors (Lipinski definition) is 0. The number of carbonyl (C=O) groups excluding carboxylic acids is 1. The Bertz CT molecular complexity index is 432. The normalized spacial score (nSPS) is 10.5. The van der Waals surface area contributed by atoms with Gasteiger partial charge in [0.15, 0.2) is 0 Å². The zero-order chi connectivity index (χ0) is 17.1. The fourth-order valence-corrected chi connectivity index (χ4v) is 1.47. The molecule has 0 bridgehead atoms. The van der Waals surface area contributed by atoms with Gasteiger partial charge < -0.3 is 9.47 Å². The fraction of sp³-hybridized carbons (Fsp3) is 0.706. The van der Waals surface area contributed by atoms with Gasteiger partial charge in [-0.1, -0.05) is 41.5 Å². The van der Waals surface area contributed by atoms with E-state index in [0.29, 0.717) is 24.3 Å². The summed E-state index contributed by atoms with van der Waals surface area (Å²) in [6.45, 7) is 12.5. The third-order valence-electron chi connectivity index (χ3n) is 2.56. The first kappa shape index (κ1) is 20.3. The van der Waals surface area contributed by atoms with E-state index >= 15 is 0 Å². The molecule has 0 saturated carbocycles. The van der Waals surface area contributed by atoms with Crippen molar-refractivity contribution in [3.63, 3.8) is 0 Å². The van der Waals surface area contributed by atoms with Crippen LogP contribution in [-0.4, -0.2) is 29.7 Å². The van der Waals surface area contributed by atoms with E-state index in [9.17, 15) is 4.79 Å². The molecule has 0 saturated heterocycles. The van der Waals surface area contributed by atoms with Gasteiger partial charge in [-0.05, 0) is 18.3 Å². The van der Waals surface area contributed by atoms with Crippen LogP contribution in [0.1, 0.15) is 47.2 Å². The quantitative estimate of drug-likeness (QED) is 0.752. The second kappa shape index (κ2) is 11.0. The summed E-state index contributed by atoms with van der Waals surface area (Å²) in [4.78, 5) is 19.1. The predicted molar refractivity (Wildman–Crippen MR) is 87.8 cm³/mol. The van der Waals surface area contributed by atoms with Gasteiger partial charge in [0.25, 0.3) is 0 Å². The molecule has 22 heavy (non-hydrogen) atoms. The van der Waals surface area contributed by atoms with Gasteiger partial charge in [0.05, 0.1) is 19.6 Å². The number of esters is 1. The van der Waals surface area contributed by atoms with Crippen LogP contribution >= 0.6 is 0 Å². The van der Waals surface area contributed by atoms with Gasteiger partial charge in [-0.25, -0.2) is 4.98 Å². The van der Waals surface area contributed by atoms with E-state index in [4.69, 9.17) is 9.47 Å². The molecule has 1 heterocycles. The lowest BCUT2D eigenvalue weighted by molar-refractivity contribution is -0.148. The van der Waals surface area contributed by atoms with E-state index in [1.54, 1.807) is 19.5 Å². The fourth-order valence-electron chi connectivity index (χ4n) is 1.47. The number of aromatic nitrogens is 2. The molecule has 0 N–H and O–H groups in total. The van der Waals surface area contributed by atoms with Crippen LogP contribution in [0.3, 0.4) is 0 Å². The third-order valence-corrected chi connectivity index (χ3v) is 2.56. The van der Waals surface area contributed by atoms with Crippen LogP contribution in [0.2, 0.25) is 0 Å². The molecule has 0 radical (unpaired) electrons. The Hall–Kier alpha value is -1.65. The minimum Gasteiger partial charge on any atom is -0.480 e. The molecule has 0 fully saturated rings. The van der Waals surface area contributed by atoms with Crippen molar-refractivity contribution >= 4 is 5.97 Å². The van der Waals surface area contributed by atoms with E-state index in [1.807, 2.05) is 27.7 Å². The molecular weight excluding hydrogens is 280 g/mol. The second-order valence-electron chi connectivity index (χ2n) is 6.29. The Morgan fingerprint density at radius 2 is 1.64 bits per heavy atom. The van der Waals surface area contributed by atoms with E-state index < -0.39 is 0 Å². The monoisotopic (exact) mass is 310 g/mol. The molecule has 1 aromatic rings. The number of nitrogens with zero attached hydrogens (tertiary/aromatic N) is 2. The maximum Gasteiger partial charge on any atom is 0.308 e. The Balaban J connectivity index is 0.000000409. The van der Waals surface area contributed by atoms with Crippen molar-refractivity contribution in [1.29, 1.82) is 0 Å². The van der Waals surface area contributed by atoms with Gasteiger partial charge in [0, 0.05) is 12.4 Å². The summed E-state index contributed by atoms with van der Waals surface area (Å²) in [5.41, 5.74) is 0.940. The molecule has 0 aliphatic carbocycles. The average Bonchev–Trinajstić information content (AvgIpc) is 2.45. The maximum atomic E-state index is 10.8. The Labute approximate surface area is 134 Å². The van der Waals surface area contributed by atoms with E-state index in [0.717, 1.165) is 12.1 Å². The summed E-state index contributed by atoms with van der Waals surface area (Å²) < 4.78 is 10.00. The number of hydrogen-bond acceptors (Lipinski definition) is 5. The Morgan fingerprint density at radius 1 is 1.05 bits per heavy atom. The highest BCUT2D eigenvalue weighted by molar-refractivity contribution is 5.71. The van der Waals surface area contributed by atoms with Crippen LogP contribution < -0.4 is 4.74 Å². The van der Waals surface area contributed by atoms with E-state index in [-0.39, 0.29) is 11.9 Å². The van der Waals surface area contributed by atoms with Crippen molar-refractivity contribution in [3.8, 4) is 5.88 Å². The molecule has 0 atom stereocenters. The summed E-state index contributed by atoms with van der Waals surface area (Å²) in [5.74, 6) is 1.55. The smallest absolute Gasteiger partial charge is 0.308 e. The Morgan fingerprint density at radius 3 is 2.09 bits per heavy atom. The molecule has 1 rings (SSSR count). The summed E-state index contributed by atoms with van der Waals surface area (Å²) >= 11 is 0. The standard InChI is InChI=1S/C9H14N2O.C8H16O2/c1-7(2)6-8-9(12-3)11-5-4-10-8;1-6(2)5-10-8(9)7(3)4/h4-5,7H,6H2,1-3H3;6-7H,5H2,1-4H3. The number of ether oxygens (including phenoxy) is 2. The highest BCUT2D eigenvalue weighted by atomic mass is 16.5. The largest absolute Gasteiger partial charge is 0.480 e. The van der Waals surface area contributed by atoms with Gasteiger partial charge in [-0.2, -0.15) is 0 Å². The number of methoxy groups -OCH3 is 1. The molecule has 0 aliphatic rings. The summed E-state index contributed by atoms with van der Waals surface area (Å²) in [5, 5.41) is 0. The van der Waals surface area contributed by atoms with Gasteiger partial charge in [-0.3, -0.25) is 9.78 Å². The zero-order valence-corrected chi connectivity index (χ0v) is 14.9. The van der Waals surface area contributed by atoms with Gasteiger partial charge >= 0.3 is 5.97 Å². The molecule has 0 unspecified atom stereocenters. The molecule has 126 valence electrons. The lowest BCUT2D eigenvalue weighted by Gasteiger charge is -2.08. The van der Waals surface area contributed by atoms with Crippen LogP contribution in [0.4, 0.5) is 0 Å². The topological polar surface area (TPSA) is 61.3 Å². The van der Waals surface area contributed by atoms with Crippen LogP contribution in [0, 0.1) is 17.8 Å². The second-order valence-corrected chi connectivity index (χ2v) is 6.29. The summed E-state index contributed by atoms with van der Waals surface area (Å²) in [6.07, 6.45) is 4.25. The molecule has 0 spiro atoms. The van der Waals surface area contributed by atoms with E-state index in [1.165, 1.54) is 0 Å². The molecule has 0 amide bonds. The van der Waals surface area contributed by atoms with Gasteiger partial charge in [0.1, 0.15) is 5.69 Å². The summed E-state index contributed by atoms with van der Waals surface area (Å²) in [6, 6.07) is 0. The van der Waals surface area contributed by atoms with Crippen molar-refractivity contribution in [2.75, 3.05) is 13.7 Å². The highest BCUT2D eigenvalue weighted by Gasteiger charge is 2.08. The predicted octanol–water partition coefficient (Wildman–Crippen LogP) is 3.53.